The number of rotatable bonds is 4. The number of methoxy groups -OCH3 is 1. The predicted molar refractivity (Wildman–Crippen MR) is 68.2 cm³/mol. The largest absolute Gasteiger partial charge is 0.495 e. The third-order valence-corrected chi connectivity index (χ3v) is 2.77. The zero-order valence-electron chi connectivity index (χ0n) is 10.0. The number of benzene rings is 1. The van der Waals surface area contributed by atoms with E-state index < -0.39 is 0 Å². The van der Waals surface area contributed by atoms with Gasteiger partial charge in [-0.3, -0.25) is 0 Å². The molecule has 1 heterocycles. The Bertz CT molecular complexity index is 556. The Morgan fingerprint density at radius 3 is 2.83 bits per heavy atom. The number of nitrogens with one attached hydrogen (secondary N) is 1. The highest BCUT2D eigenvalue weighted by molar-refractivity contribution is 6.31. The van der Waals surface area contributed by atoms with Crippen molar-refractivity contribution in [1.82, 2.24) is 10.2 Å². The first-order chi connectivity index (χ1) is 8.63. The molecule has 7 heteroatoms. The summed E-state index contributed by atoms with van der Waals surface area (Å²) in [4.78, 5) is 0. The molecule has 3 N–H and O–H groups in total. The summed E-state index contributed by atoms with van der Waals surface area (Å²) in [6, 6.07) is 3.82. The number of anilines is 2. The number of aryl methyl sites for hydroxylation is 1. The average Bonchev–Trinajstić information content (AvgIpc) is 2.81. The number of hydrogen-bond donors (Lipinski definition) is 2. The van der Waals surface area contributed by atoms with Crippen molar-refractivity contribution in [1.29, 1.82) is 0 Å². The van der Waals surface area contributed by atoms with Crippen LogP contribution < -0.4 is 15.8 Å². The molecule has 2 rings (SSSR count). The monoisotopic (exact) mass is 268 g/mol. The summed E-state index contributed by atoms with van der Waals surface area (Å²) in [6.45, 7) is 2.09. The minimum Gasteiger partial charge on any atom is -0.495 e. The molecule has 0 bridgehead atoms. The van der Waals surface area contributed by atoms with Crippen LogP contribution in [-0.2, 0) is 6.54 Å². The molecule has 6 nitrogen and oxygen atoms in total. The van der Waals surface area contributed by atoms with Gasteiger partial charge in [0, 0.05) is 11.1 Å². The number of hydrogen-bond acceptors (Lipinski definition) is 6. The van der Waals surface area contributed by atoms with Gasteiger partial charge in [-0.15, -0.1) is 5.10 Å². The normalized spacial score (nSPS) is 10.4. The summed E-state index contributed by atoms with van der Waals surface area (Å²) in [5.41, 5.74) is 7.01. The van der Waals surface area contributed by atoms with Crippen LogP contribution in [0.3, 0.4) is 0 Å². The smallest absolute Gasteiger partial charge is 0.320 e. The molecule has 0 fully saturated rings. The molecule has 1 aromatic carbocycles. The zero-order valence-corrected chi connectivity index (χ0v) is 10.8. The summed E-state index contributed by atoms with van der Waals surface area (Å²) in [7, 11) is 1.56. The van der Waals surface area contributed by atoms with Gasteiger partial charge in [-0.1, -0.05) is 16.7 Å². The SMILES string of the molecule is COc1cc(Cl)c(C)cc1Nc1nnc(CN)o1. The average molecular weight is 269 g/mol. The molecule has 1 aromatic heterocycles. The molecule has 0 saturated carbocycles. The van der Waals surface area contributed by atoms with E-state index in [2.05, 4.69) is 15.5 Å². The first-order valence-corrected chi connectivity index (χ1v) is 5.65. The number of ether oxygens (including phenoxy) is 1. The topological polar surface area (TPSA) is 86.2 Å². The maximum absolute atomic E-state index is 6.02. The van der Waals surface area contributed by atoms with Gasteiger partial charge in [-0.2, -0.15) is 0 Å². The van der Waals surface area contributed by atoms with E-state index in [1.54, 1.807) is 13.2 Å². The highest BCUT2D eigenvalue weighted by atomic mass is 35.5. The first kappa shape index (κ1) is 12.7. The van der Waals surface area contributed by atoms with Gasteiger partial charge in [0.05, 0.1) is 19.3 Å². The molecule has 2 aromatic rings. The van der Waals surface area contributed by atoms with Crippen LogP contribution >= 0.6 is 11.6 Å². The van der Waals surface area contributed by atoms with Crippen LogP contribution in [0, 0.1) is 6.92 Å². The van der Waals surface area contributed by atoms with Crippen molar-refractivity contribution in [2.45, 2.75) is 13.5 Å². The van der Waals surface area contributed by atoms with Gasteiger partial charge in [0.1, 0.15) is 5.75 Å². The van der Waals surface area contributed by atoms with E-state index in [4.69, 9.17) is 26.5 Å². The lowest BCUT2D eigenvalue weighted by molar-refractivity contribution is 0.416. The van der Waals surface area contributed by atoms with E-state index in [1.165, 1.54) is 0 Å². The van der Waals surface area contributed by atoms with Gasteiger partial charge in [0.25, 0.3) is 0 Å². The van der Waals surface area contributed by atoms with Crippen molar-refractivity contribution in [2.24, 2.45) is 5.73 Å². The molecule has 18 heavy (non-hydrogen) atoms. The van der Waals surface area contributed by atoms with Crippen molar-refractivity contribution in [2.75, 3.05) is 12.4 Å². The fourth-order valence-corrected chi connectivity index (χ4v) is 1.59. The van der Waals surface area contributed by atoms with Crippen molar-refractivity contribution in [3.63, 3.8) is 0 Å². The summed E-state index contributed by atoms with van der Waals surface area (Å²) in [6.07, 6.45) is 0. The molecule has 0 aliphatic rings. The van der Waals surface area contributed by atoms with Gasteiger partial charge in [0.2, 0.25) is 5.89 Å². The van der Waals surface area contributed by atoms with Gasteiger partial charge in [-0.25, -0.2) is 0 Å². The Kier molecular flexibility index (Phi) is 3.69. The molecular weight excluding hydrogens is 256 g/mol. The summed E-state index contributed by atoms with van der Waals surface area (Å²) >= 11 is 6.02. The second-order valence-corrected chi connectivity index (χ2v) is 4.04. The van der Waals surface area contributed by atoms with Crippen LogP contribution in [0.2, 0.25) is 5.02 Å². The highest BCUT2D eigenvalue weighted by Crippen LogP contribution is 2.32. The van der Waals surface area contributed by atoms with E-state index in [0.717, 1.165) is 5.56 Å². The fraction of sp³-hybridized carbons (Fsp3) is 0.273. The molecular formula is C11H13ClN4O2. The molecule has 0 unspecified atom stereocenters. The highest BCUT2D eigenvalue weighted by Gasteiger charge is 2.10. The van der Waals surface area contributed by atoms with Crippen LogP contribution in [0.15, 0.2) is 16.5 Å². The van der Waals surface area contributed by atoms with Gasteiger partial charge in [0.15, 0.2) is 0 Å². The Labute approximate surface area is 109 Å². The molecule has 0 atom stereocenters. The molecule has 96 valence electrons. The zero-order chi connectivity index (χ0) is 13.1. The minimum atomic E-state index is 0.200. The van der Waals surface area contributed by atoms with E-state index in [1.807, 2.05) is 13.0 Å². The number of nitrogens with zero attached hydrogens (tertiary/aromatic N) is 2. The summed E-state index contributed by atoms with van der Waals surface area (Å²) in [5.74, 6) is 0.959. The van der Waals surface area contributed by atoms with E-state index in [-0.39, 0.29) is 12.6 Å². The Morgan fingerprint density at radius 1 is 1.44 bits per heavy atom. The fourth-order valence-electron chi connectivity index (χ4n) is 1.43. The molecule has 0 amide bonds. The Morgan fingerprint density at radius 2 is 2.22 bits per heavy atom. The second-order valence-electron chi connectivity index (χ2n) is 3.63. The lowest BCUT2D eigenvalue weighted by Gasteiger charge is -2.10. The number of nitrogens with two attached hydrogens (primary N) is 1. The van der Waals surface area contributed by atoms with E-state index >= 15 is 0 Å². The quantitative estimate of drug-likeness (QED) is 0.884. The van der Waals surface area contributed by atoms with E-state index in [0.29, 0.717) is 22.4 Å². The Balaban J connectivity index is 2.30. The van der Waals surface area contributed by atoms with Gasteiger partial charge < -0.3 is 20.2 Å². The van der Waals surface area contributed by atoms with Crippen molar-refractivity contribution in [3.8, 4) is 5.75 Å². The standard InChI is InChI=1S/C11H13ClN4O2/c1-6-3-8(9(17-2)4-7(6)12)14-11-16-15-10(5-13)18-11/h3-4H,5,13H2,1-2H3,(H,14,16). The number of halogens is 1. The minimum absolute atomic E-state index is 0.200. The molecule has 0 saturated heterocycles. The van der Waals surface area contributed by atoms with Crippen LogP contribution in [-0.4, -0.2) is 17.3 Å². The van der Waals surface area contributed by atoms with Crippen LogP contribution in [0.1, 0.15) is 11.5 Å². The first-order valence-electron chi connectivity index (χ1n) is 5.27. The molecule has 0 aliphatic carbocycles. The predicted octanol–water partition coefficient (Wildman–Crippen LogP) is 2.24. The van der Waals surface area contributed by atoms with Crippen molar-refractivity contribution in [3.05, 3.63) is 28.6 Å². The number of aromatic nitrogens is 2. The third-order valence-electron chi connectivity index (χ3n) is 2.36. The third kappa shape index (κ3) is 2.55. The van der Waals surface area contributed by atoms with Crippen LogP contribution in [0.4, 0.5) is 11.7 Å². The summed E-state index contributed by atoms with van der Waals surface area (Å²) < 4.78 is 10.5. The van der Waals surface area contributed by atoms with Crippen LogP contribution in [0.25, 0.3) is 0 Å². The molecule has 0 radical (unpaired) electrons. The lowest BCUT2D eigenvalue weighted by atomic mass is 10.2. The van der Waals surface area contributed by atoms with Gasteiger partial charge in [-0.05, 0) is 18.6 Å². The molecule has 0 aliphatic heterocycles. The second kappa shape index (κ2) is 5.24. The summed E-state index contributed by atoms with van der Waals surface area (Å²) in [5, 5.41) is 11.2. The lowest BCUT2D eigenvalue weighted by Crippen LogP contribution is -1.96. The van der Waals surface area contributed by atoms with E-state index in [9.17, 15) is 0 Å². The maximum atomic E-state index is 6.02. The van der Waals surface area contributed by atoms with Crippen molar-refractivity contribution >= 4 is 23.3 Å². The Hall–Kier alpha value is -1.79. The van der Waals surface area contributed by atoms with Crippen molar-refractivity contribution < 1.29 is 9.15 Å². The van der Waals surface area contributed by atoms with Gasteiger partial charge >= 0.3 is 6.01 Å². The van der Waals surface area contributed by atoms with Crippen LogP contribution in [0.5, 0.6) is 5.75 Å². The maximum Gasteiger partial charge on any atom is 0.320 e. The molecule has 0 spiro atoms.